The molecule has 0 fully saturated rings. The minimum Gasteiger partial charge on any atom is -0.178 e. The minimum atomic E-state index is 0.942. The van der Waals surface area contributed by atoms with Crippen LogP contribution in [0.1, 0.15) is 11.1 Å². The maximum atomic E-state index is 4.18. The Morgan fingerprint density at radius 1 is 1.33 bits per heavy atom. The Hall–Kier alpha value is -0.0800. The Morgan fingerprint density at radius 2 is 2.08 bits per heavy atom. The summed E-state index contributed by atoms with van der Waals surface area (Å²) >= 11 is 6.06. The second-order valence-electron chi connectivity index (χ2n) is 2.84. The molecule has 0 amide bonds. The summed E-state index contributed by atoms with van der Waals surface area (Å²) in [7, 11) is 0. The average Bonchev–Trinajstić information content (AvgIpc) is 2.03. The zero-order valence-corrected chi connectivity index (χ0v) is 9.21. The predicted octanol–water partition coefficient (Wildman–Crippen LogP) is 3.33. The Morgan fingerprint density at radius 3 is 2.67 bits per heavy atom. The number of benzene rings is 1. The predicted molar refractivity (Wildman–Crippen MR) is 60.5 cm³/mol. The second kappa shape index (κ2) is 4.83. The summed E-state index contributed by atoms with van der Waals surface area (Å²) in [5.41, 5.74) is 2.71. The Kier molecular flexibility index (Phi) is 4.02. The van der Waals surface area contributed by atoms with Crippen molar-refractivity contribution in [2.75, 3.05) is 11.5 Å². The van der Waals surface area contributed by atoms with Gasteiger partial charge < -0.3 is 0 Å². The van der Waals surface area contributed by atoms with Gasteiger partial charge in [0.1, 0.15) is 0 Å². The van der Waals surface area contributed by atoms with Gasteiger partial charge in [0.25, 0.3) is 0 Å². The molecular formula is C10H14S2. The first kappa shape index (κ1) is 10.0. The number of hydrogen-bond donors (Lipinski definition) is 1. The van der Waals surface area contributed by atoms with Crippen LogP contribution in [0.2, 0.25) is 0 Å². The van der Waals surface area contributed by atoms with Crippen LogP contribution in [0.4, 0.5) is 0 Å². The molecule has 0 aliphatic heterocycles. The van der Waals surface area contributed by atoms with Crippen LogP contribution in [0.3, 0.4) is 0 Å². The Bertz CT molecular complexity index is 256. The lowest BCUT2D eigenvalue weighted by Gasteiger charge is -2.04. The molecule has 0 N–H and O–H groups in total. The lowest BCUT2D eigenvalue weighted by Crippen LogP contribution is -1.84. The van der Waals surface area contributed by atoms with E-state index in [0.717, 1.165) is 11.5 Å². The summed E-state index contributed by atoms with van der Waals surface area (Å²) in [6.07, 6.45) is 0. The molecule has 1 aromatic carbocycles. The molecule has 0 saturated heterocycles. The molecule has 0 spiro atoms. The number of hydrogen-bond acceptors (Lipinski definition) is 2. The quantitative estimate of drug-likeness (QED) is 0.574. The summed E-state index contributed by atoms with van der Waals surface area (Å²) in [5.74, 6) is 2.03. The van der Waals surface area contributed by atoms with E-state index < -0.39 is 0 Å². The van der Waals surface area contributed by atoms with E-state index in [-0.39, 0.29) is 0 Å². The van der Waals surface area contributed by atoms with Crippen LogP contribution in [0.5, 0.6) is 0 Å². The fraction of sp³-hybridized carbons (Fsp3) is 0.400. The van der Waals surface area contributed by atoms with E-state index in [2.05, 4.69) is 44.7 Å². The van der Waals surface area contributed by atoms with Gasteiger partial charge in [0.05, 0.1) is 0 Å². The third-order valence-corrected chi connectivity index (χ3v) is 3.38. The van der Waals surface area contributed by atoms with Gasteiger partial charge in [-0.15, -0.1) is 11.8 Å². The minimum absolute atomic E-state index is 0.942. The highest BCUT2D eigenvalue weighted by Crippen LogP contribution is 2.22. The van der Waals surface area contributed by atoms with Gasteiger partial charge in [-0.05, 0) is 31.2 Å². The second-order valence-corrected chi connectivity index (χ2v) is 4.42. The molecule has 0 radical (unpaired) electrons. The third kappa shape index (κ3) is 2.76. The van der Waals surface area contributed by atoms with Gasteiger partial charge in [-0.2, -0.15) is 12.6 Å². The van der Waals surface area contributed by atoms with Crippen molar-refractivity contribution in [1.29, 1.82) is 0 Å². The largest absolute Gasteiger partial charge is 0.178 e. The third-order valence-electron chi connectivity index (χ3n) is 1.68. The van der Waals surface area contributed by atoms with Crippen LogP contribution in [0, 0.1) is 13.8 Å². The van der Waals surface area contributed by atoms with Crippen molar-refractivity contribution < 1.29 is 0 Å². The van der Waals surface area contributed by atoms with Crippen LogP contribution >= 0.6 is 24.4 Å². The van der Waals surface area contributed by atoms with Crippen molar-refractivity contribution in [3.8, 4) is 0 Å². The van der Waals surface area contributed by atoms with Crippen molar-refractivity contribution >= 4 is 24.4 Å². The van der Waals surface area contributed by atoms with Crippen LogP contribution in [0.25, 0.3) is 0 Å². The van der Waals surface area contributed by atoms with Crippen LogP contribution < -0.4 is 0 Å². The van der Waals surface area contributed by atoms with Crippen molar-refractivity contribution in [2.45, 2.75) is 18.7 Å². The molecule has 12 heavy (non-hydrogen) atoms. The van der Waals surface area contributed by atoms with Gasteiger partial charge >= 0.3 is 0 Å². The van der Waals surface area contributed by atoms with Crippen LogP contribution in [0.15, 0.2) is 23.1 Å². The summed E-state index contributed by atoms with van der Waals surface area (Å²) in [6.45, 7) is 4.29. The van der Waals surface area contributed by atoms with E-state index in [4.69, 9.17) is 0 Å². The van der Waals surface area contributed by atoms with Crippen LogP contribution in [-0.2, 0) is 0 Å². The van der Waals surface area contributed by atoms with Gasteiger partial charge in [0, 0.05) is 10.6 Å². The summed E-state index contributed by atoms with van der Waals surface area (Å²) in [4.78, 5) is 1.38. The monoisotopic (exact) mass is 198 g/mol. The fourth-order valence-corrected chi connectivity index (χ4v) is 2.15. The summed E-state index contributed by atoms with van der Waals surface area (Å²) < 4.78 is 0. The van der Waals surface area contributed by atoms with Crippen molar-refractivity contribution in [2.24, 2.45) is 0 Å². The number of aryl methyl sites for hydroxylation is 2. The molecule has 2 heteroatoms. The molecule has 1 rings (SSSR count). The van der Waals surface area contributed by atoms with E-state index in [9.17, 15) is 0 Å². The number of thioether (sulfide) groups is 1. The first-order chi connectivity index (χ1) is 5.74. The molecule has 0 unspecified atom stereocenters. The topological polar surface area (TPSA) is 0 Å². The van der Waals surface area contributed by atoms with Crippen LogP contribution in [-0.4, -0.2) is 11.5 Å². The Balaban J connectivity index is 2.72. The zero-order chi connectivity index (χ0) is 8.97. The van der Waals surface area contributed by atoms with Gasteiger partial charge in [-0.3, -0.25) is 0 Å². The van der Waals surface area contributed by atoms with Crippen molar-refractivity contribution in [3.63, 3.8) is 0 Å². The van der Waals surface area contributed by atoms with E-state index in [0.29, 0.717) is 0 Å². The zero-order valence-electron chi connectivity index (χ0n) is 7.50. The van der Waals surface area contributed by atoms with Gasteiger partial charge in [-0.25, -0.2) is 0 Å². The van der Waals surface area contributed by atoms with Gasteiger partial charge in [0.15, 0.2) is 0 Å². The average molecular weight is 198 g/mol. The SMILES string of the molecule is Cc1ccc(SCCS)c(C)c1. The van der Waals surface area contributed by atoms with E-state index in [1.807, 2.05) is 11.8 Å². The molecule has 0 bridgehead atoms. The summed E-state index contributed by atoms with van der Waals surface area (Å²) in [6, 6.07) is 6.58. The van der Waals surface area contributed by atoms with E-state index in [1.54, 1.807) is 0 Å². The lowest BCUT2D eigenvalue weighted by atomic mass is 10.2. The highest BCUT2D eigenvalue weighted by Gasteiger charge is 1.97. The van der Waals surface area contributed by atoms with Gasteiger partial charge in [-0.1, -0.05) is 17.7 Å². The maximum Gasteiger partial charge on any atom is 0.0102 e. The molecule has 0 saturated carbocycles. The fourth-order valence-electron chi connectivity index (χ4n) is 1.12. The molecule has 66 valence electrons. The van der Waals surface area contributed by atoms with Crippen molar-refractivity contribution in [1.82, 2.24) is 0 Å². The smallest absolute Gasteiger partial charge is 0.0102 e. The molecule has 0 nitrogen and oxygen atoms in total. The standard InChI is InChI=1S/C10H14S2/c1-8-3-4-10(9(2)7-8)12-6-5-11/h3-4,7,11H,5-6H2,1-2H3. The molecule has 0 aliphatic rings. The lowest BCUT2D eigenvalue weighted by molar-refractivity contribution is 1.26. The van der Waals surface area contributed by atoms with Crippen molar-refractivity contribution in [3.05, 3.63) is 29.3 Å². The number of thiol groups is 1. The maximum absolute atomic E-state index is 4.18. The molecule has 0 heterocycles. The van der Waals surface area contributed by atoms with Gasteiger partial charge in [0.2, 0.25) is 0 Å². The molecule has 0 aliphatic carbocycles. The molecular weight excluding hydrogens is 184 g/mol. The normalized spacial score (nSPS) is 10.2. The summed E-state index contributed by atoms with van der Waals surface area (Å²) in [5, 5.41) is 0. The van der Waals surface area contributed by atoms with E-state index >= 15 is 0 Å². The molecule has 0 atom stereocenters. The first-order valence-electron chi connectivity index (χ1n) is 4.05. The number of rotatable bonds is 3. The highest BCUT2D eigenvalue weighted by atomic mass is 32.2. The molecule has 1 aromatic rings. The molecule has 0 aromatic heterocycles. The highest BCUT2D eigenvalue weighted by molar-refractivity contribution is 8.00. The Labute approximate surface area is 84.2 Å². The first-order valence-corrected chi connectivity index (χ1v) is 5.67. The van der Waals surface area contributed by atoms with E-state index in [1.165, 1.54) is 16.0 Å².